The minimum absolute atomic E-state index is 0.000444. The van der Waals surface area contributed by atoms with Crippen molar-refractivity contribution in [2.45, 2.75) is 44.9 Å². The van der Waals surface area contributed by atoms with Crippen LogP contribution in [-0.4, -0.2) is 43.0 Å². The van der Waals surface area contributed by atoms with Crippen molar-refractivity contribution in [1.82, 2.24) is 18.7 Å². The SMILES string of the molecule is CCOC(=O)C(Cc1nc2c(c(=O)n(CCCO)c(=O)n2C)n1Cc1ccc(Cl)cc1)c1cccc(C(F)(F)F)c1. The number of fused-ring (bicyclic) bond motifs is 1. The second-order valence-electron chi connectivity index (χ2n) is 9.42. The van der Waals surface area contributed by atoms with Gasteiger partial charge in [-0.15, -0.1) is 0 Å². The number of halogens is 4. The van der Waals surface area contributed by atoms with Gasteiger partial charge in [-0.05, 0) is 42.7 Å². The number of rotatable bonds is 10. The maximum atomic E-state index is 13.6. The van der Waals surface area contributed by atoms with Crippen LogP contribution in [0.3, 0.4) is 0 Å². The standard InChI is InChI=1S/C28H28ClF3N4O5/c1-3-41-26(39)21(18-6-4-7-19(14-18)28(30,31)32)15-22-33-24-23(36(22)16-17-8-10-20(29)11-9-17)25(38)35(12-5-13-37)27(40)34(24)2/h4,6-11,14,21,37H,3,5,12-13,15-16H2,1-2H3. The molecule has 218 valence electrons. The number of carbonyl (C=O) groups is 1. The van der Waals surface area contributed by atoms with E-state index in [0.717, 1.165) is 22.3 Å². The van der Waals surface area contributed by atoms with E-state index in [0.29, 0.717) is 5.02 Å². The van der Waals surface area contributed by atoms with Gasteiger partial charge < -0.3 is 14.4 Å². The van der Waals surface area contributed by atoms with Gasteiger partial charge in [0.1, 0.15) is 5.82 Å². The zero-order valence-corrected chi connectivity index (χ0v) is 23.1. The van der Waals surface area contributed by atoms with Gasteiger partial charge in [-0.25, -0.2) is 9.78 Å². The summed E-state index contributed by atoms with van der Waals surface area (Å²) >= 11 is 6.04. The van der Waals surface area contributed by atoms with Gasteiger partial charge in [0.15, 0.2) is 11.2 Å². The maximum Gasteiger partial charge on any atom is 0.416 e. The summed E-state index contributed by atoms with van der Waals surface area (Å²) in [5.74, 6) is -1.75. The fraction of sp³-hybridized carbons (Fsp3) is 0.357. The molecule has 4 rings (SSSR count). The molecule has 2 heterocycles. The summed E-state index contributed by atoms with van der Waals surface area (Å²) in [6.45, 7) is 1.41. The number of benzene rings is 2. The number of aliphatic hydroxyl groups excluding tert-OH is 1. The fourth-order valence-electron chi connectivity index (χ4n) is 4.64. The first-order valence-electron chi connectivity index (χ1n) is 12.8. The molecule has 0 fully saturated rings. The van der Waals surface area contributed by atoms with E-state index in [1.807, 2.05) is 0 Å². The number of carbonyl (C=O) groups excluding carboxylic acids is 1. The Labute approximate surface area is 237 Å². The van der Waals surface area contributed by atoms with Crippen molar-refractivity contribution in [3.05, 3.63) is 96.9 Å². The van der Waals surface area contributed by atoms with E-state index in [1.54, 1.807) is 35.8 Å². The van der Waals surface area contributed by atoms with Crippen LogP contribution in [-0.2, 0) is 42.3 Å². The molecule has 0 spiro atoms. The zero-order valence-electron chi connectivity index (χ0n) is 22.3. The maximum absolute atomic E-state index is 13.6. The van der Waals surface area contributed by atoms with Crippen molar-refractivity contribution in [3.63, 3.8) is 0 Å². The third kappa shape index (κ3) is 6.38. The summed E-state index contributed by atoms with van der Waals surface area (Å²) in [6, 6.07) is 11.2. The van der Waals surface area contributed by atoms with E-state index in [9.17, 15) is 32.7 Å². The molecule has 2 aromatic carbocycles. The van der Waals surface area contributed by atoms with Gasteiger partial charge in [0.25, 0.3) is 5.56 Å². The van der Waals surface area contributed by atoms with E-state index in [4.69, 9.17) is 16.3 Å². The lowest BCUT2D eigenvalue weighted by Gasteiger charge is -2.18. The molecule has 0 bridgehead atoms. The van der Waals surface area contributed by atoms with Crippen molar-refractivity contribution in [1.29, 1.82) is 0 Å². The normalized spacial score (nSPS) is 12.6. The molecule has 4 aromatic rings. The Kier molecular flexibility index (Phi) is 9.03. The number of ether oxygens (including phenoxy) is 1. The van der Waals surface area contributed by atoms with Gasteiger partial charge in [-0.1, -0.05) is 41.9 Å². The van der Waals surface area contributed by atoms with E-state index >= 15 is 0 Å². The number of esters is 1. The molecule has 1 atom stereocenters. The number of imidazole rings is 1. The molecule has 1 N–H and O–H groups in total. The van der Waals surface area contributed by atoms with Crippen LogP contribution in [0.5, 0.6) is 0 Å². The number of hydrogen-bond donors (Lipinski definition) is 1. The zero-order chi connectivity index (χ0) is 29.9. The quantitative estimate of drug-likeness (QED) is 0.280. The average Bonchev–Trinajstić information content (AvgIpc) is 3.29. The summed E-state index contributed by atoms with van der Waals surface area (Å²) < 4.78 is 49.5. The van der Waals surface area contributed by atoms with Crippen LogP contribution in [0.2, 0.25) is 5.02 Å². The van der Waals surface area contributed by atoms with Gasteiger partial charge in [-0.2, -0.15) is 13.2 Å². The lowest BCUT2D eigenvalue weighted by Crippen LogP contribution is -2.40. The first kappa shape index (κ1) is 30.1. The van der Waals surface area contributed by atoms with Crippen LogP contribution in [0, 0.1) is 0 Å². The summed E-state index contributed by atoms with van der Waals surface area (Å²) in [5.41, 5.74) is -1.30. The van der Waals surface area contributed by atoms with Gasteiger partial charge in [0, 0.05) is 38.2 Å². The van der Waals surface area contributed by atoms with Gasteiger partial charge in [-0.3, -0.25) is 18.7 Å². The smallest absolute Gasteiger partial charge is 0.416 e. The molecule has 0 amide bonds. The molecule has 0 aliphatic heterocycles. The molecule has 0 aliphatic rings. The molecule has 0 radical (unpaired) electrons. The van der Waals surface area contributed by atoms with E-state index in [-0.39, 0.29) is 61.7 Å². The molecule has 0 saturated carbocycles. The average molecular weight is 593 g/mol. The lowest BCUT2D eigenvalue weighted by molar-refractivity contribution is -0.145. The third-order valence-electron chi connectivity index (χ3n) is 6.68. The largest absolute Gasteiger partial charge is 0.466 e. The monoisotopic (exact) mass is 592 g/mol. The first-order valence-corrected chi connectivity index (χ1v) is 13.2. The fourth-order valence-corrected chi connectivity index (χ4v) is 4.76. The highest BCUT2D eigenvalue weighted by molar-refractivity contribution is 6.30. The predicted molar refractivity (Wildman–Crippen MR) is 146 cm³/mol. The molecule has 9 nitrogen and oxygen atoms in total. The number of aryl methyl sites for hydroxylation is 1. The number of hydrogen-bond acceptors (Lipinski definition) is 6. The van der Waals surface area contributed by atoms with Gasteiger partial charge in [0.05, 0.1) is 18.1 Å². The Bertz CT molecular complexity index is 1680. The minimum Gasteiger partial charge on any atom is -0.466 e. The molecule has 2 aromatic heterocycles. The predicted octanol–water partition coefficient (Wildman–Crippen LogP) is 3.89. The van der Waals surface area contributed by atoms with E-state index < -0.39 is 34.9 Å². The highest BCUT2D eigenvalue weighted by Gasteiger charge is 2.33. The van der Waals surface area contributed by atoms with Gasteiger partial charge in [0.2, 0.25) is 0 Å². The second-order valence-corrected chi connectivity index (χ2v) is 9.86. The Morgan fingerprint density at radius 1 is 1.12 bits per heavy atom. The van der Waals surface area contributed by atoms with Crippen LogP contribution in [0.4, 0.5) is 13.2 Å². The summed E-state index contributed by atoms with van der Waals surface area (Å²) in [5, 5.41) is 9.76. The Morgan fingerprint density at radius 3 is 2.46 bits per heavy atom. The van der Waals surface area contributed by atoms with Crippen LogP contribution in [0.15, 0.2) is 58.1 Å². The molecule has 13 heteroatoms. The Hall–Kier alpha value is -3.90. The summed E-state index contributed by atoms with van der Waals surface area (Å²) in [7, 11) is 1.44. The highest BCUT2D eigenvalue weighted by atomic mass is 35.5. The molecule has 0 aliphatic carbocycles. The number of nitrogens with zero attached hydrogens (tertiary/aromatic N) is 4. The highest BCUT2D eigenvalue weighted by Crippen LogP contribution is 2.33. The van der Waals surface area contributed by atoms with Crippen molar-refractivity contribution in [2.75, 3.05) is 13.2 Å². The summed E-state index contributed by atoms with van der Waals surface area (Å²) in [6.07, 6.45) is -4.68. The minimum atomic E-state index is -4.63. The van der Waals surface area contributed by atoms with Crippen molar-refractivity contribution in [3.8, 4) is 0 Å². The van der Waals surface area contributed by atoms with Crippen LogP contribution < -0.4 is 11.2 Å². The second kappa shape index (κ2) is 12.3. The lowest BCUT2D eigenvalue weighted by atomic mass is 9.93. The van der Waals surface area contributed by atoms with Crippen molar-refractivity contribution >= 4 is 28.7 Å². The number of alkyl halides is 3. The molecule has 41 heavy (non-hydrogen) atoms. The summed E-state index contributed by atoms with van der Waals surface area (Å²) in [4.78, 5) is 44.2. The van der Waals surface area contributed by atoms with Crippen LogP contribution in [0.25, 0.3) is 11.2 Å². The third-order valence-corrected chi connectivity index (χ3v) is 6.93. The van der Waals surface area contributed by atoms with E-state index in [1.165, 1.54) is 23.7 Å². The number of aromatic nitrogens is 4. The van der Waals surface area contributed by atoms with Crippen LogP contribution in [0.1, 0.15) is 41.8 Å². The Balaban J connectivity index is 1.94. The molecular formula is C28H28ClF3N4O5. The molecular weight excluding hydrogens is 565 g/mol. The molecule has 0 saturated heterocycles. The van der Waals surface area contributed by atoms with Crippen LogP contribution >= 0.6 is 11.6 Å². The Morgan fingerprint density at radius 2 is 1.83 bits per heavy atom. The van der Waals surface area contributed by atoms with Crippen molar-refractivity contribution < 1.29 is 27.8 Å². The van der Waals surface area contributed by atoms with Crippen molar-refractivity contribution in [2.24, 2.45) is 7.05 Å². The molecule has 1 unspecified atom stereocenters. The number of aliphatic hydroxyl groups is 1. The van der Waals surface area contributed by atoms with Gasteiger partial charge >= 0.3 is 17.8 Å². The van der Waals surface area contributed by atoms with E-state index in [2.05, 4.69) is 4.98 Å². The topological polar surface area (TPSA) is 108 Å². The first-order chi connectivity index (χ1) is 19.5.